The molecule has 7 heteroatoms. The maximum Gasteiger partial charge on any atom is 0.326 e. The first-order valence-corrected chi connectivity index (χ1v) is 6.31. The van der Waals surface area contributed by atoms with Gasteiger partial charge in [-0.05, 0) is 32.0 Å². The standard InChI is InChI=1S/C14H17NO6/c1-8(2)21-10-5-3-4-9(6-10)13(18)15-11(14(19)20)7-12(16)17/h3-6,8,11H,7H2,1-2H3,(H,15,18)(H,16,17)(H,19,20). The summed E-state index contributed by atoms with van der Waals surface area (Å²) in [5.74, 6) is -2.90. The van der Waals surface area contributed by atoms with Crippen molar-refractivity contribution in [3.05, 3.63) is 29.8 Å². The van der Waals surface area contributed by atoms with Gasteiger partial charge in [0.15, 0.2) is 0 Å². The monoisotopic (exact) mass is 295 g/mol. The molecule has 1 atom stereocenters. The second kappa shape index (κ2) is 7.28. The third-order valence-corrected chi connectivity index (χ3v) is 2.45. The van der Waals surface area contributed by atoms with Crippen LogP contribution in [-0.2, 0) is 9.59 Å². The minimum Gasteiger partial charge on any atom is -0.491 e. The fraction of sp³-hybridized carbons (Fsp3) is 0.357. The molecule has 0 radical (unpaired) electrons. The Hall–Kier alpha value is -2.57. The maximum atomic E-state index is 12.0. The lowest BCUT2D eigenvalue weighted by Gasteiger charge is -2.14. The summed E-state index contributed by atoms with van der Waals surface area (Å²) in [6.07, 6.45) is -0.759. The summed E-state index contributed by atoms with van der Waals surface area (Å²) in [5, 5.41) is 19.7. The van der Waals surface area contributed by atoms with E-state index in [-0.39, 0.29) is 11.7 Å². The third-order valence-electron chi connectivity index (χ3n) is 2.45. The normalized spacial score (nSPS) is 11.8. The molecule has 0 fully saturated rings. The Labute approximate surface area is 121 Å². The number of carbonyl (C=O) groups is 3. The van der Waals surface area contributed by atoms with Crippen LogP contribution in [0.4, 0.5) is 0 Å². The molecule has 3 N–H and O–H groups in total. The van der Waals surface area contributed by atoms with E-state index in [1.807, 2.05) is 13.8 Å². The minimum absolute atomic E-state index is 0.0675. The molecule has 1 rings (SSSR count). The number of hydrogen-bond acceptors (Lipinski definition) is 4. The van der Waals surface area contributed by atoms with Crippen LogP contribution in [0.2, 0.25) is 0 Å². The van der Waals surface area contributed by atoms with Crippen molar-refractivity contribution in [2.75, 3.05) is 0 Å². The SMILES string of the molecule is CC(C)Oc1cccc(C(=O)NC(CC(=O)O)C(=O)O)c1. The molecule has 0 saturated heterocycles. The summed E-state index contributed by atoms with van der Waals surface area (Å²) in [6.45, 7) is 3.67. The van der Waals surface area contributed by atoms with Crippen LogP contribution in [0.3, 0.4) is 0 Å². The smallest absolute Gasteiger partial charge is 0.326 e. The predicted molar refractivity (Wildman–Crippen MR) is 73.3 cm³/mol. The molecule has 0 aliphatic carbocycles. The molecule has 7 nitrogen and oxygen atoms in total. The average molecular weight is 295 g/mol. The van der Waals surface area contributed by atoms with Crippen molar-refractivity contribution in [1.29, 1.82) is 0 Å². The lowest BCUT2D eigenvalue weighted by Crippen LogP contribution is -2.42. The number of amides is 1. The Bertz CT molecular complexity index is 540. The molecule has 0 aliphatic rings. The number of ether oxygens (including phenoxy) is 1. The maximum absolute atomic E-state index is 12.0. The van der Waals surface area contributed by atoms with Gasteiger partial charge in [-0.25, -0.2) is 4.79 Å². The van der Waals surface area contributed by atoms with Gasteiger partial charge in [0.1, 0.15) is 11.8 Å². The molecule has 0 aromatic heterocycles. The fourth-order valence-electron chi connectivity index (χ4n) is 1.60. The van der Waals surface area contributed by atoms with Crippen molar-refractivity contribution in [2.45, 2.75) is 32.4 Å². The molecule has 21 heavy (non-hydrogen) atoms. The number of carboxylic acid groups (broad SMARTS) is 2. The number of carbonyl (C=O) groups excluding carboxylic acids is 1. The van der Waals surface area contributed by atoms with E-state index in [1.165, 1.54) is 12.1 Å². The quantitative estimate of drug-likeness (QED) is 0.695. The Balaban J connectivity index is 2.82. The largest absolute Gasteiger partial charge is 0.491 e. The molecule has 0 saturated carbocycles. The zero-order valence-corrected chi connectivity index (χ0v) is 11.7. The molecule has 0 heterocycles. The third kappa shape index (κ3) is 5.52. The van der Waals surface area contributed by atoms with Crippen molar-refractivity contribution < 1.29 is 29.3 Å². The van der Waals surface area contributed by atoms with Gasteiger partial charge in [0.2, 0.25) is 0 Å². The van der Waals surface area contributed by atoms with E-state index < -0.39 is 30.3 Å². The van der Waals surface area contributed by atoms with Crippen LogP contribution in [0.5, 0.6) is 5.75 Å². The van der Waals surface area contributed by atoms with Gasteiger partial charge in [-0.3, -0.25) is 9.59 Å². The Morgan fingerprint density at radius 2 is 1.90 bits per heavy atom. The highest BCUT2D eigenvalue weighted by molar-refractivity contribution is 5.97. The first-order chi connectivity index (χ1) is 9.79. The molecule has 114 valence electrons. The van der Waals surface area contributed by atoms with Gasteiger partial charge in [0.05, 0.1) is 12.5 Å². The summed E-state index contributed by atoms with van der Waals surface area (Å²) in [5.41, 5.74) is 0.199. The zero-order valence-electron chi connectivity index (χ0n) is 11.7. The van der Waals surface area contributed by atoms with Gasteiger partial charge in [-0.15, -0.1) is 0 Å². The molecular weight excluding hydrogens is 278 g/mol. The van der Waals surface area contributed by atoms with E-state index in [4.69, 9.17) is 14.9 Å². The van der Waals surface area contributed by atoms with Crippen molar-refractivity contribution in [3.8, 4) is 5.75 Å². The van der Waals surface area contributed by atoms with E-state index in [9.17, 15) is 14.4 Å². The van der Waals surface area contributed by atoms with E-state index in [1.54, 1.807) is 12.1 Å². The van der Waals surface area contributed by atoms with Crippen molar-refractivity contribution >= 4 is 17.8 Å². The highest BCUT2D eigenvalue weighted by atomic mass is 16.5. The second-order valence-electron chi connectivity index (χ2n) is 4.66. The van der Waals surface area contributed by atoms with Crippen LogP contribution in [-0.4, -0.2) is 40.2 Å². The van der Waals surface area contributed by atoms with Crippen molar-refractivity contribution in [2.24, 2.45) is 0 Å². The first kappa shape index (κ1) is 16.5. The lowest BCUT2D eigenvalue weighted by atomic mass is 10.1. The van der Waals surface area contributed by atoms with E-state index >= 15 is 0 Å². The number of benzene rings is 1. The number of carboxylic acids is 2. The van der Waals surface area contributed by atoms with Gasteiger partial charge in [-0.1, -0.05) is 6.07 Å². The van der Waals surface area contributed by atoms with Crippen LogP contribution >= 0.6 is 0 Å². The van der Waals surface area contributed by atoms with Crippen LogP contribution in [0.25, 0.3) is 0 Å². The van der Waals surface area contributed by atoms with E-state index in [0.717, 1.165) is 0 Å². The second-order valence-corrected chi connectivity index (χ2v) is 4.66. The van der Waals surface area contributed by atoms with Crippen LogP contribution in [0.1, 0.15) is 30.6 Å². The number of hydrogen-bond donors (Lipinski definition) is 3. The summed E-state index contributed by atoms with van der Waals surface area (Å²) in [7, 11) is 0. The Morgan fingerprint density at radius 3 is 2.43 bits per heavy atom. The molecule has 0 spiro atoms. The van der Waals surface area contributed by atoms with Crippen molar-refractivity contribution in [3.63, 3.8) is 0 Å². The molecule has 1 aromatic rings. The number of rotatable bonds is 7. The Kier molecular flexibility index (Phi) is 5.71. The van der Waals surface area contributed by atoms with Gasteiger partial charge in [-0.2, -0.15) is 0 Å². The Morgan fingerprint density at radius 1 is 1.24 bits per heavy atom. The predicted octanol–water partition coefficient (Wildman–Crippen LogP) is 1.13. The summed E-state index contributed by atoms with van der Waals surface area (Å²) in [6, 6.07) is 4.74. The van der Waals surface area contributed by atoms with E-state index in [2.05, 4.69) is 5.32 Å². The highest BCUT2D eigenvalue weighted by Gasteiger charge is 2.23. The highest BCUT2D eigenvalue weighted by Crippen LogP contribution is 2.15. The van der Waals surface area contributed by atoms with Gasteiger partial charge in [0.25, 0.3) is 5.91 Å². The lowest BCUT2D eigenvalue weighted by molar-refractivity contribution is -0.145. The van der Waals surface area contributed by atoms with Gasteiger partial charge in [0, 0.05) is 5.56 Å². The number of nitrogens with one attached hydrogen (secondary N) is 1. The molecule has 0 bridgehead atoms. The fourth-order valence-corrected chi connectivity index (χ4v) is 1.60. The first-order valence-electron chi connectivity index (χ1n) is 6.31. The molecule has 1 aromatic carbocycles. The summed E-state index contributed by atoms with van der Waals surface area (Å²) >= 11 is 0. The molecule has 0 aliphatic heterocycles. The molecule has 1 amide bonds. The zero-order chi connectivity index (χ0) is 16.0. The van der Waals surface area contributed by atoms with E-state index in [0.29, 0.717) is 5.75 Å². The molecule has 1 unspecified atom stereocenters. The summed E-state index contributed by atoms with van der Waals surface area (Å²) < 4.78 is 5.43. The van der Waals surface area contributed by atoms with Crippen molar-refractivity contribution in [1.82, 2.24) is 5.32 Å². The molecular formula is C14H17NO6. The van der Waals surface area contributed by atoms with Crippen LogP contribution < -0.4 is 10.1 Å². The van der Waals surface area contributed by atoms with Crippen LogP contribution in [0.15, 0.2) is 24.3 Å². The number of aliphatic carboxylic acids is 2. The van der Waals surface area contributed by atoms with Gasteiger partial charge >= 0.3 is 11.9 Å². The topological polar surface area (TPSA) is 113 Å². The van der Waals surface area contributed by atoms with Gasteiger partial charge < -0.3 is 20.3 Å². The summed E-state index contributed by atoms with van der Waals surface area (Å²) in [4.78, 5) is 33.4. The van der Waals surface area contributed by atoms with Crippen LogP contribution in [0, 0.1) is 0 Å². The average Bonchev–Trinajstić information content (AvgIpc) is 2.36. The minimum atomic E-state index is -1.48.